The fraction of sp³-hybridized carbons (Fsp3) is 0.571. The zero-order valence-electron chi connectivity index (χ0n) is 23.5. The molecule has 2 rings (SSSR count). The fourth-order valence-corrected chi connectivity index (χ4v) is 4.77. The smallest absolute Gasteiger partial charge is 0.318 e. The van der Waals surface area contributed by atoms with Crippen molar-refractivity contribution in [3.05, 3.63) is 52.0 Å². The molecule has 10 heteroatoms. The van der Waals surface area contributed by atoms with E-state index in [4.69, 9.17) is 0 Å². The summed E-state index contributed by atoms with van der Waals surface area (Å²) in [5.74, 6) is 0.0537. The largest absolute Gasteiger partial charge is 0.354 e. The van der Waals surface area contributed by atoms with E-state index in [2.05, 4.69) is 40.1 Å². The molecule has 1 aromatic carbocycles. The van der Waals surface area contributed by atoms with Crippen molar-refractivity contribution < 1.29 is 14.4 Å². The quantitative estimate of drug-likeness (QED) is 0.266. The van der Waals surface area contributed by atoms with Crippen molar-refractivity contribution in [2.24, 2.45) is 5.92 Å². The Morgan fingerprint density at radius 3 is 2.34 bits per heavy atom. The summed E-state index contributed by atoms with van der Waals surface area (Å²) in [6, 6.07) is 8.80. The van der Waals surface area contributed by atoms with Crippen molar-refractivity contribution in [1.29, 1.82) is 0 Å². The number of nitrogens with zero attached hydrogens (tertiary/aromatic N) is 2. The molecule has 0 radical (unpaired) electrons. The van der Waals surface area contributed by atoms with E-state index in [1.54, 1.807) is 23.3 Å². The summed E-state index contributed by atoms with van der Waals surface area (Å²) in [7, 11) is 1.70. The van der Waals surface area contributed by atoms with Crippen LogP contribution in [0.5, 0.6) is 0 Å². The molecule has 0 fully saturated rings. The normalized spacial score (nSPS) is 12.6. The summed E-state index contributed by atoms with van der Waals surface area (Å²) in [5.41, 5.74) is 1.98. The first-order valence-electron chi connectivity index (χ1n) is 13.4. The lowest BCUT2D eigenvalue weighted by Crippen LogP contribution is -2.52. The average molecular weight is 545 g/mol. The van der Waals surface area contributed by atoms with Gasteiger partial charge in [-0.1, -0.05) is 58.0 Å². The van der Waals surface area contributed by atoms with Crippen LogP contribution < -0.4 is 21.3 Å². The number of urea groups is 2. The molecule has 9 nitrogen and oxygen atoms in total. The minimum Gasteiger partial charge on any atom is -0.354 e. The minimum atomic E-state index is -0.653. The van der Waals surface area contributed by atoms with Gasteiger partial charge in [0.05, 0.1) is 17.2 Å². The highest BCUT2D eigenvalue weighted by Crippen LogP contribution is 2.20. The molecule has 0 bridgehead atoms. The molecular weight excluding hydrogens is 500 g/mol. The van der Waals surface area contributed by atoms with Crippen LogP contribution in [0.2, 0.25) is 0 Å². The van der Waals surface area contributed by atoms with E-state index in [1.807, 2.05) is 56.5 Å². The Bertz CT molecular complexity index is 1010. The SMILES string of the molecule is CCNC(=O)N[C@H](CCCNC(=O)[C@@H](NC(=O)N(C)Cc1csc(C(C)C)n1)C(C)C)Cc1ccccc1. The van der Waals surface area contributed by atoms with Crippen molar-refractivity contribution in [3.8, 4) is 0 Å². The van der Waals surface area contributed by atoms with Gasteiger partial charge in [0, 0.05) is 37.5 Å². The molecule has 0 unspecified atom stereocenters. The van der Waals surface area contributed by atoms with Crippen LogP contribution in [0.3, 0.4) is 0 Å². The first-order valence-corrected chi connectivity index (χ1v) is 14.3. The van der Waals surface area contributed by atoms with Gasteiger partial charge in [-0.25, -0.2) is 14.6 Å². The van der Waals surface area contributed by atoms with Gasteiger partial charge >= 0.3 is 12.1 Å². The Balaban J connectivity index is 1.86. The second-order valence-electron chi connectivity index (χ2n) is 10.2. The van der Waals surface area contributed by atoms with Gasteiger partial charge in [-0.05, 0) is 37.7 Å². The third-order valence-electron chi connectivity index (χ3n) is 6.06. The number of hydrogen-bond acceptors (Lipinski definition) is 5. The summed E-state index contributed by atoms with van der Waals surface area (Å²) in [6.45, 7) is 11.3. The molecule has 1 aromatic heterocycles. The summed E-state index contributed by atoms with van der Waals surface area (Å²) in [6.07, 6.45) is 2.11. The number of aromatic nitrogens is 1. The van der Waals surface area contributed by atoms with Gasteiger partial charge in [0.1, 0.15) is 6.04 Å². The predicted molar refractivity (Wildman–Crippen MR) is 153 cm³/mol. The molecule has 0 aliphatic heterocycles. The minimum absolute atomic E-state index is 0.0583. The maximum atomic E-state index is 12.9. The van der Waals surface area contributed by atoms with Crippen molar-refractivity contribution in [1.82, 2.24) is 31.2 Å². The van der Waals surface area contributed by atoms with Crippen molar-refractivity contribution in [2.75, 3.05) is 20.1 Å². The van der Waals surface area contributed by atoms with Crippen LogP contribution >= 0.6 is 11.3 Å². The highest BCUT2D eigenvalue weighted by atomic mass is 32.1. The number of benzene rings is 1. The average Bonchev–Trinajstić information content (AvgIpc) is 3.34. The summed E-state index contributed by atoms with van der Waals surface area (Å²) < 4.78 is 0. The number of nitrogens with one attached hydrogen (secondary N) is 4. The van der Waals surface area contributed by atoms with Crippen LogP contribution in [0.15, 0.2) is 35.7 Å². The number of rotatable bonds is 14. The maximum Gasteiger partial charge on any atom is 0.318 e. The van der Waals surface area contributed by atoms with E-state index in [1.165, 1.54) is 0 Å². The number of hydrogen-bond donors (Lipinski definition) is 4. The number of carbonyl (C=O) groups excluding carboxylic acids is 3. The molecule has 1 heterocycles. The molecular formula is C28H44N6O3S. The molecule has 2 atom stereocenters. The fourth-order valence-electron chi connectivity index (χ4n) is 3.94. The second-order valence-corrected chi connectivity index (χ2v) is 11.1. The van der Waals surface area contributed by atoms with E-state index >= 15 is 0 Å². The molecule has 4 N–H and O–H groups in total. The van der Waals surface area contributed by atoms with Crippen LogP contribution in [0.25, 0.3) is 0 Å². The molecule has 0 saturated heterocycles. The Morgan fingerprint density at radius 1 is 1.03 bits per heavy atom. The zero-order chi connectivity index (χ0) is 28.1. The van der Waals surface area contributed by atoms with E-state index in [0.717, 1.165) is 16.3 Å². The van der Waals surface area contributed by atoms with Crippen molar-refractivity contribution >= 4 is 29.3 Å². The standard InChI is InChI=1S/C28H44N6O3S/c1-7-29-27(36)32-22(16-21-12-9-8-10-13-21)14-11-15-30-25(35)24(19(2)3)33-28(37)34(6)17-23-18-38-26(31-23)20(4)5/h8-10,12-13,18-20,22,24H,7,11,14-17H2,1-6H3,(H,30,35)(H,33,37)(H2,29,32,36)/t22-,24+/m1/s1. The van der Waals surface area contributed by atoms with Crippen molar-refractivity contribution in [2.45, 2.75) is 78.4 Å². The summed E-state index contributed by atoms with van der Waals surface area (Å²) >= 11 is 1.59. The van der Waals surface area contributed by atoms with Crippen LogP contribution in [0, 0.1) is 5.92 Å². The van der Waals surface area contributed by atoms with Crippen LogP contribution in [-0.4, -0.2) is 60.1 Å². The molecule has 0 saturated carbocycles. The predicted octanol–water partition coefficient (Wildman–Crippen LogP) is 4.26. The van der Waals surface area contributed by atoms with Crippen molar-refractivity contribution in [3.63, 3.8) is 0 Å². The van der Waals surface area contributed by atoms with E-state index in [0.29, 0.717) is 44.8 Å². The lowest BCUT2D eigenvalue weighted by atomic mass is 10.0. The molecule has 210 valence electrons. The van der Waals surface area contributed by atoms with Gasteiger partial charge in [0.15, 0.2) is 0 Å². The highest BCUT2D eigenvalue weighted by Gasteiger charge is 2.25. The first-order chi connectivity index (χ1) is 18.1. The van der Waals surface area contributed by atoms with E-state index in [9.17, 15) is 14.4 Å². The number of carbonyl (C=O) groups is 3. The zero-order valence-corrected chi connectivity index (χ0v) is 24.4. The van der Waals surface area contributed by atoms with Crippen LogP contribution in [-0.2, 0) is 17.8 Å². The van der Waals surface area contributed by atoms with Crippen LogP contribution in [0.1, 0.15) is 69.6 Å². The Morgan fingerprint density at radius 2 is 1.74 bits per heavy atom. The second kappa shape index (κ2) is 16.0. The van der Waals surface area contributed by atoms with E-state index in [-0.39, 0.29) is 29.9 Å². The monoisotopic (exact) mass is 544 g/mol. The van der Waals surface area contributed by atoms with Gasteiger partial charge in [0.25, 0.3) is 0 Å². The Hall–Kier alpha value is -3.14. The molecule has 0 aliphatic rings. The van der Waals surface area contributed by atoms with E-state index < -0.39 is 6.04 Å². The summed E-state index contributed by atoms with van der Waals surface area (Å²) in [5, 5.41) is 14.7. The van der Waals surface area contributed by atoms with Gasteiger partial charge in [-0.2, -0.15) is 0 Å². The molecule has 38 heavy (non-hydrogen) atoms. The van der Waals surface area contributed by atoms with Gasteiger partial charge in [-0.3, -0.25) is 4.79 Å². The first kappa shape index (κ1) is 31.1. The number of amides is 5. The van der Waals surface area contributed by atoms with Crippen LogP contribution in [0.4, 0.5) is 9.59 Å². The molecule has 0 aliphatic carbocycles. The molecule has 2 aromatic rings. The van der Waals surface area contributed by atoms with Gasteiger partial charge < -0.3 is 26.2 Å². The Kier molecular flexibility index (Phi) is 13.1. The van der Waals surface area contributed by atoms with Gasteiger partial charge in [0.2, 0.25) is 5.91 Å². The lowest BCUT2D eigenvalue weighted by molar-refractivity contribution is -0.123. The molecule has 0 spiro atoms. The Labute approximate surface area is 231 Å². The topological polar surface area (TPSA) is 115 Å². The third kappa shape index (κ3) is 10.7. The summed E-state index contributed by atoms with van der Waals surface area (Å²) in [4.78, 5) is 44.0. The highest BCUT2D eigenvalue weighted by molar-refractivity contribution is 7.09. The maximum absolute atomic E-state index is 12.9. The third-order valence-corrected chi connectivity index (χ3v) is 7.26. The van der Waals surface area contributed by atoms with Gasteiger partial charge in [-0.15, -0.1) is 11.3 Å². The number of thiazole rings is 1. The molecule has 5 amide bonds. The lowest BCUT2D eigenvalue weighted by Gasteiger charge is -2.25.